The third-order valence-electron chi connectivity index (χ3n) is 4.66. The van der Waals surface area contributed by atoms with Crippen LogP contribution in [0.4, 0.5) is 18.3 Å². The zero-order valence-corrected chi connectivity index (χ0v) is 17.3. The molecular weight excluding hydrogens is 427 g/mol. The van der Waals surface area contributed by atoms with Crippen molar-refractivity contribution in [1.29, 1.82) is 0 Å². The average Bonchev–Trinajstić information content (AvgIpc) is 3.20. The first kappa shape index (κ1) is 20.8. The van der Waals surface area contributed by atoms with E-state index in [2.05, 4.69) is 15.3 Å². The van der Waals surface area contributed by atoms with Gasteiger partial charge < -0.3 is 4.74 Å². The summed E-state index contributed by atoms with van der Waals surface area (Å²) in [6, 6.07) is 11.4. The number of hydrogen-bond donors (Lipinski definition) is 1. The first-order valence-corrected chi connectivity index (χ1v) is 10.0. The van der Waals surface area contributed by atoms with Gasteiger partial charge in [0.2, 0.25) is 0 Å². The monoisotopic (exact) mass is 443 g/mol. The summed E-state index contributed by atoms with van der Waals surface area (Å²) >= 11 is 1.11. The van der Waals surface area contributed by atoms with E-state index in [1.165, 1.54) is 25.3 Å². The second-order valence-electron chi connectivity index (χ2n) is 6.76. The minimum Gasteiger partial charge on any atom is -0.496 e. The lowest BCUT2D eigenvalue weighted by Gasteiger charge is -2.14. The number of aryl methyl sites for hydroxylation is 1. The maximum Gasteiger partial charge on any atom is 0.417 e. The van der Waals surface area contributed by atoms with E-state index in [0.29, 0.717) is 11.4 Å². The third-order valence-corrected chi connectivity index (χ3v) is 5.42. The number of fused-ring (bicyclic) bond motifs is 1. The van der Waals surface area contributed by atoms with Crippen LogP contribution < -0.4 is 10.1 Å². The van der Waals surface area contributed by atoms with E-state index < -0.39 is 23.2 Å². The number of pyridine rings is 1. The SMILES string of the molecule is COc1ccc(C)cc1-c1csc(NC(=O)c2cnc3ccccc3c2C(F)(F)F)n1. The number of carbonyl (C=O) groups is 1. The molecule has 31 heavy (non-hydrogen) atoms. The maximum absolute atomic E-state index is 13.8. The Balaban J connectivity index is 1.69. The van der Waals surface area contributed by atoms with Crippen LogP contribution in [0.1, 0.15) is 21.5 Å². The van der Waals surface area contributed by atoms with Crippen molar-refractivity contribution in [1.82, 2.24) is 9.97 Å². The topological polar surface area (TPSA) is 64.1 Å². The third kappa shape index (κ3) is 4.09. The van der Waals surface area contributed by atoms with Crippen LogP contribution in [0.25, 0.3) is 22.2 Å². The van der Waals surface area contributed by atoms with Crippen LogP contribution in [0.2, 0.25) is 0 Å². The Bertz CT molecular complexity index is 1280. The molecule has 0 fully saturated rings. The summed E-state index contributed by atoms with van der Waals surface area (Å²) in [4.78, 5) is 21.1. The van der Waals surface area contributed by atoms with Crippen molar-refractivity contribution in [2.45, 2.75) is 13.1 Å². The molecule has 1 amide bonds. The van der Waals surface area contributed by atoms with E-state index in [-0.39, 0.29) is 16.0 Å². The van der Waals surface area contributed by atoms with E-state index in [9.17, 15) is 18.0 Å². The standard InChI is InChI=1S/C22H16F3N3O2S/c1-12-7-8-18(30-2)14(9-12)17-11-31-21(27-17)28-20(29)15-10-26-16-6-4-3-5-13(16)19(15)22(23,24)25/h3-11H,1-2H3,(H,27,28,29). The van der Waals surface area contributed by atoms with Crippen molar-refractivity contribution in [2.75, 3.05) is 12.4 Å². The van der Waals surface area contributed by atoms with E-state index in [1.807, 2.05) is 19.1 Å². The van der Waals surface area contributed by atoms with Crippen LogP contribution in [0.15, 0.2) is 54.0 Å². The number of anilines is 1. The Kier molecular flexibility index (Phi) is 5.36. The van der Waals surface area contributed by atoms with Crippen LogP contribution in [0.3, 0.4) is 0 Å². The number of halogens is 3. The van der Waals surface area contributed by atoms with Gasteiger partial charge in [-0.25, -0.2) is 4.98 Å². The molecule has 0 aliphatic carbocycles. The molecule has 2 aromatic carbocycles. The van der Waals surface area contributed by atoms with Crippen molar-refractivity contribution in [3.63, 3.8) is 0 Å². The van der Waals surface area contributed by atoms with Gasteiger partial charge in [0.1, 0.15) is 5.75 Å². The summed E-state index contributed by atoms with van der Waals surface area (Å²) in [5, 5.41) is 4.21. The predicted molar refractivity (Wildman–Crippen MR) is 114 cm³/mol. The number of aromatic nitrogens is 2. The largest absolute Gasteiger partial charge is 0.496 e. The fraction of sp³-hybridized carbons (Fsp3) is 0.136. The van der Waals surface area contributed by atoms with Gasteiger partial charge >= 0.3 is 6.18 Å². The fourth-order valence-corrected chi connectivity index (χ4v) is 3.97. The quantitative estimate of drug-likeness (QED) is 0.424. The molecule has 0 bridgehead atoms. The van der Waals surface area contributed by atoms with E-state index in [0.717, 1.165) is 28.7 Å². The fourth-order valence-electron chi connectivity index (χ4n) is 3.26. The van der Waals surface area contributed by atoms with Crippen molar-refractivity contribution in [2.24, 2.45) is 0 Å². The summed E-state index contributed by atoms with van der Waals surface area (Å²) in [5.41, 5.74) is 0.848. The van der Waals surface area contributed by atoms with Crippen LogP contribution in [-0.4, -0.2) is 23.0 Å². The van der Waals surface area contributed by atoms with Crippen LogP contribution >= 0.6 is 11.3 Å². The van der Waals surface area contributed by atoms with Crippen LogP contribution in [0.5, 0.6) is 5.75 Å². The molecule has 2 heterocycles. The molecule has 0 saturated carbocycles. The number of nitrogens with zero attached hydrogens (tertiary/aromatic N) is 2. The molecule has 0 saturated heterocycles. The number of hydrogen-bond acceptors (Lipinski definition) is 5. The Morgan fingerprint density at radius 2 is 1.94 bits per heavy atom. The summed E-state index contributed by atoms with van der Waals surface area (Å²) in [7, 11) is 1.54. The molecule has 1 N–H and O–H groups in total. The van der Waals surface area contributed by atoms with E-state index >= 15 is 0 Å². The summed E-state index contributed by atoms with van der Waals surface area (Å²) in [6.45, 7) is 1.92. The molecule has 4 rings (SSSR count). The van der Waals surface area contributed by atoms with Gasteiger partial charge in [-0.15, -0.1) is 11.3 Å². The molecule has 158 valence electrons. The normalized spacial score (nSPS) is 11.5. The van der Waals surface area contributed by atoms with Gasteiger partial charge in [-0.1, -0.05) is 29.8 Å². The average molecular weight is 443 g/mol. The lowest BCUT2D eigenvalue weighted by molar-refractivity contribution is -0.136. The number of para-hydroxylation sites is 1. The highest BCUT2D eigenvalue weighted by molar-refractivity contribution is 7.14. The highest BCUT2D eigenvalue weighted by atomic mass is 32.1. The van der Waals surface area contributed by atoms with Crippen molar-refractivity contribution in [3.8, 4) is 17.0 Å². The van der Waals surface area contributed by atoms with Gasteiger partial charge in [-0.3, -0.25) is 15.1 Å². The lowest BCUT2D eigenvalue weighted by atomic mass is 10.0. The Hall–Kier alpha value is -3.46. The Labute approximate surface area is 179 Å². The summed E-state index contributed by atoms with van der Waals surface area (Å²) in [5.74, 6) is -0.324. The molecule has 0 spiro atoms. The molecule has 9 heteroatoms. The molecule has 0 aliphatic rings. The zero-order chi connectivity index (χ0) is 22.2. The highest BCUT2D eigenvalue weighted by Gasteiger charge is 2.37. The Morgan fingerprint density at radius 1 is 1.16 bits per heavy atom. The summed E-state index contributed by atoms with van der Waals surface area (Å²) in [6.07, 6.45) is -3.78. The molecule has 0 atom stereocenters. The first-order chi connectivity index (χ1) is 14.8. The smallest absolute Gasteiger partial charge is 0.417 e. The van der Waals surface area contributed by atoms with Gasteiger partial charge in [0, 0.05) is 22.5 Å². The molecule has 4 aromatic rings. The number of ether oxygens (including phenoxy) is 1. The van der Waals surface area contributed by atoms with Crippen LogP contribution in [0, 0.1) is 6.92 Å². The summed E-state index contributed by atoms with van der Waals surface area (Å²) < 4.78 is 46.7. The number of thiazole rings is 1. The zero-order valence-electron chi connectivity index (χ0n) is 16.4. The molecular formula is C22H16F3N3O2S. The molecule has 2 aromatic heterocycles. The maximum atomic E-state index is 13.8. The highest BCUT2D eigenvalue weighted by Crippen LogP contribution is 2.37. The van der Waals surface area contributed by atoms with Crippen LogP contribution in [-0.2, 0) is 6.18 Å². The van der Waals surface area contributed by atoms with Gasteiger partial charge in [-0.2, -0.15) is 13.2 Å². The molecule has 0 aliphatic heterocycles. The van der Waals surface area contributed by atoms with Gasteiger partial charge in [-0.05, 0) is 25.1 Å². The van der Waals surface area contributed by atoms with Crippen molar-refractivity contribution >= 4 is 33.3 Å². The lowest BCUT2D eigenvalue weighted by Crippen LogP contribution is -2.19. The second kappa shape index (κ2) is 7.99. The number of methoxy groups -OCH3 is 1. The first-order valence-electron chi connectivity index (χ1n) is 9.15. The van der Waals surface area contributed by atoms with E-state index in [1.54, 1.807) is 17.5 Å². The predicted octanol–water partition coefficient (Wildman–Crippen LogP) is 5.95. The van der Waals surface area contributed by atoms with Crippen molar-refractivity contribution in [3.05, 3.63) is 70.7 Å². The number of amides is 1. The number of carbonyl (C=O) groups excluding carboxylic acids is 1. The molecule has 5 nitrogen and oxygen atoms in total. The molecule has 0 unspecified atom stereocenters. The minimum atomic E-state index is -4.72. The van der Waals surface area contributed by atoms with Crippen molar-refractivity contribution < 1.29 is 22.7 Å². The molecule has 0 radical (unpaired) electrons. The minimum absolute atomic E-state index is 0.132. The number of nitrogens with one attached hydrogen (secondary N) is 1. The Morgan fingerprint density at radius 3 is 2.68 bits per heavy atom. The number of rotatable bonds is 4. The number of alkyl halides is 3. The second-order valence-corrected chi connectivity index (χ2v) is 7.62. The number of benzene rings is 2. The van der Waals surface area contributed by atoms with E-state index in [4.69, 9.17) is 4.74 Å². The van der Waals surface area contributed by atoms with Gasteiger partial charge in [0.15, 0.2) is 5.13 Å². The van der Waals surface area contributed by atoms with Gasteiger partial charge in [0.25, 0.3) is 5.91 Å². The van der Waals surface area contributed by atoms with Gasteiger partial charge in [0.05, 0.1) is 29.4 Å².